The van der Waals surface area contributed by atoms with Gasteiger partial charge in [-0.2, -0.15) is 5.10 Å². The Morgan fingerprint density at radius 1 is 1.18 bits per heavy atom. The molecule has 0 unspecified atom stereocenters. The number of nitrogens with one attached hydrogen (secondary N) is 1. The van der Waals surface area contributed by atoms with Gasteiger partial charge >= 0.3 is 0 Å². The van der Waals surface area contributed by atoms with Crippen LogP contribution in [0.4, 0.5) is 5.69 Å². The zero-order valence-corrected chi connectivity index (χ0v) is 16.4. The molecule has 2 aromatic rings. The maximum Gasteiger partial charge on any atom is 0.260 e. The number of nitrogens with zero attached hydrogens (tertiary/aromatic N) is 2. The number of amides is 1. The van der Waals surface area contributed by atoms with Crippen molar-refractivity contribution in [3.05, 3.63) is 48.0 Å². The molecular formula is C18H21N3O6S. The van der Waals surface area contributed by atoms with Gasteiger partial charge in [-0.25, -0.2) is 13.8 Å². The van der Waals surface area contributed by atoms with Crippen molar-refractivity contribution in [2.24, 2.45) is 5.10 Å². The quantitative estimate of drug-likeness (QED) is 0.503. The lowest BCUT2D eigenvalue weighted by molar-refractivity contribution is -0.119. The second-order valence-corrected chi connectivity index (χ2v) is 7.57. The Hall–Kier alpha value is -3.27. The van der Waals surface area contributed by atoms with E-state index in [4.69, 9.17) is 9.47 Å². The molecule has 0 saturated heterocycles. The number of carbonyl (C=O) groups is 1. The van der Waals surface area contributed by atoms with Crippen LogP contribution in [0.2, 0.25) is 0 Å². The lowest BCUT2D eigenvalue weighted by Crippen LogP contribution is -2.39. The van der Waals surface area contributed by atoms with Crippen molar-refractivity contribution in [2.75, 3.05) is 31.3 Å². The summed E-state index contributed by atoms with van der Waals surface area (Å²) in [5.41, 5.74) is 2.88. The van der Waals surface area contributed by atoms with Crippen molar-refractivity contribution in [1.82, 2.24) is 5.43 Å². The molecule has 28 heavy (non-hydrogen) atoms. The van der Waals surface area contributed by atoms with E-state index in [2.05, 4.69) is 10.5 Å². The summed E-state index contributed by atoms with van der Waals surface area (Å²) in [5, 5.41) is 13.7. The van der Waals surface area contributed by atoms with E-state index in [-0.39, 0.29) is 11.5 Å². The van der Waals surface area contributed by atoms with E-state index in [1.165, 1.54) is 32.6 Å². The highest BCUT2D eigenvalue weighted by molar-refractivity contribution is 7.92. The first-order valence-electron chi connectivity index (χ1n) is 8.06. The fourth-order valence-electron chi connectivity index (χ4n) is 2.30. The number of benzene rings is 2. The largest absolute Gasteiger partial charge is 0.504 e. The minimum Gasteiger partial charge on any atom is -0.504 e. The summed E-state index contributed by atoms with van der Waals surface area (Å²) in [6, 6.07) is 11.0. The smallest absolute Gasteiger partial charge is 0.260 e. The number of hydrogen-bond acceptors (Lipinski definition) is 7. The molecule has 0 fully saturated rings. The van der Waals surface area contributed by atoms with E-state index in [9.17, 15) is 18.3 Å². The third-order valence-corrected chi connectivity index (χ3v) is 4.83. The molecule has 0 spiro atoms. The van der Waals surface area contributed by atoms with Crippen LogP contribution in [0, 0.1) is 0 Å². The summed E-state index contributed by atoms with van der Waals surface area (Å²) in [6.45, 7) is -0.466. The van der Waals surface area contributed by atoms with Crippen LogP contribution in [0.5, 0.6) is 17.2 Å². The second-order valence-electron chi connectivity index (χ2n) is 5.66. The van der Waals surface area contributed by atoms with Gasteiger partial charge in [0.1, 0.15) is 12.3 Å². The standard InChI is InChI=1S/C18H21N3O6S/c1-26-15-9-7-14(8-10-15)21(28(3,24)25)12-17(22)20-19-11-13-5-4-6-16(27-2)18(13)23/h4-11,23H,12H2,1-3H3,(H,20,22)/b19-11-. The zero-order chi connectivity index (χ0) is 20.7. The van der Waals surface area contributed by atoms with Crippen molar-refractivity contribution in [3.63, 3.8) is 0 Å². The number of hydrazone groups is 1. The molecule has 9 nitrogen and oxygen atoms in total. The number of ether oxygens (including phenoxy) is 2. The molecule has 0 atom stereocenters. The van der Waals surface area contributed by atoms with Gasteiger partial charge < -0.3 is 14.6 Å². The molecule has 2 N–H and O–H groups in total. The minimum absolute atomic E-state index is 0.126. The topological polar surface area (TPSA) is 118 Å². The number of phenols is 1. The summed E-state index contributed by atoms with van der Waals surface area (Å²) in [7, 11) is -0.794. The predicted octanol–water partition coefficient (Wildman–Crippen LogP) is 1.33. The van der Waals surface area contributed by atoms with Crippen LogP contribution in [0.3, 0.4) is 0 Å². The van der Waals surface area contributed by atoms with Gasteiger partial charge in [-0.15, -0.1) is 0 Å². The van der Waals surface area contributed by atoms with Crippen LogP contribution in [0.1, 0.15) is 5.56 Å². The van der Waals surface area contributed by atoms with E-state index in [1.54, 1.807) is 30.3 Å². The SMILES string of the molecule is COc1ccc(N(CC(=O)N/N=C\c2cccc(OC)c2O)S(C)(=O)=O)cc1. The summed E-state index contributed by atoms with van der Waals surface area (Å²) in [5.74, 6) is 0.0428. The molecule has 0 aromatic heterocycles. The molecular weight excluding hydrogens is 386 g/mol. The number of rotatable bonds is 8. The van der Waals surface area contributed by atoms with E-state index < -0.39 is 22.5 Å². The molecule has 0 aliphatic rings. The number of sulfonamides is 1. The molecule has 0 radical (unpaired) electrons. The van der Waals surface area contributed by atoms with Gasteiger partial charge in [-0.3, -0.25) is 9.10 Å². The Labute approximate surface area is 163 Å². The Morgan fingerprint density at radius 2 is 1.86 bits per heavy atom. The Balaban J connectivity index is 2.10. The van der Waals surface area contributed by atoms with E-state index in [1.807, 2.05) is 0 Å². The number of aromatic hydroxyl groups is 1. The summed E-state index contributed by atoms with van der Waals surface area (Å²) >= 11 is 0. The molecule has 0 bridgehead atoms. The van der Waals surface area contributed by atoms with Gasteiger partial charge in [0.2, 0.25) is 10.0 Å². The van der Waals surface area contributed by atoms with Gasteiger partial charge in [-0.1, -0.05) is 6.07 Å². The van der Waals surface area contributed by atoms with Crippen LogP contribution >= 0.6 is 0 Å². The summed E-state index contributed by atoms with van der Waals surface area (Å²) in [4.78, 5) is 12.2. The fourth-order valence-corrected chi connectivity index (χ4v) is 3.15. The fraction of sp³-hybridized carbons (Fsp3) is 0.222. The summed E-state index contributed by atoms with van der Waals surface area (Å²) in [6.07, 6.45) is 2.23. The van der Waals surface area contributed by atoms with Crippen LogP contribution in [-0.2, 0) is 14.8 Å². The third kappa shape index (κ3) is 5.36. The maximum atomic E-state index is 12.2. The van der Waals surface area contributed by atoms with E-state index >= 15 is 0 Å². The van der Waals surface area contributed by atoms with Gasteiger partial charge in [0.15, 0.2) is 11.5 Å². The van der Waals surface area contributed by atoms with Crippen LogP contribution in [0.15, 0.2) is 47.6 Å². The molecule has 2 aromatic carbocycles. The Morgan fingerprint density at radius 3 is 2.43 bits per heavy atom. The average Bonchev–Trinajstić information content (AvgIpc) is 2.66. The molecule has 1 amide bonds. The maximum absolute atomic E-state index is 12.2. The number of phenolic OH excluding ortho intramolecular Hbond substituents is 1. The summed E-state index contributed by atoms with van der Waals surface area (Å²) < 4.78 is 35.1. The van der Waals surface area contributed by atoms with Gasteiger partial charge in [-0.05, 0) is 36.4 Å². The van der Waals surface area contributed by atoms with Crippen molar-refractivity contribution in [2.45, 2.75) is 0 Å². The number of anilines is 1. The second kappa shape index (κ2) is 9.09. The highest BCUT2D eigenvalue weighted by Gasteiger charge is 2.20. The molecule has 0 heterocycles. The molecule has 2 rings (SSSR count). The number of hydrogen-bond donors (Lipinski definition) is 2. The lowest BCUT2D eigenvalue weighted by atomic mass is 10.2. The monoisotopic (exact) mass is 407 g/mol. The van der Waals surface area contributed by atoms with Crippen molar-refractivity contribution >= 4 is 27.8 Å². The normalized spacial score (nSPS) is 11.2. The highest BCUT2D eigenvalue weighted by Crippen LogP contribution is 2.28. The van der Waals surface area contributed by atoms with Crippen molar-refractivity contribution in [1.29, 1.82) is 0 Å². The van der Waals surface area contributed by atoms with Crippen LogP contribution < -0.4 is 19.2 Å². The zero-order valence-electron chi connectivity index (χ0n) is 15.6. The van der Waals surface area contributed by atoms with Crippen molar-refractivity contribution < 1.29 is 27.8 Å². The molecule has 0 aliphatic carbocycles. The first kappa shape index (κ1) is 21.0. The highest BCUT2D eigenvalue weighted by atomic mass is 32.2. The molecule has 10 heteroatoms. The first-order chi connectivity index (χ1) is 13.3. The third-order valence-electron chi connectivity index (χ3n) is 3.69. The van der Waals surface area contributed by atoms with E-state index in [0.717, 1.165) is 10.6 Å². The molecule has 0 aliphatic heterocycles. The molecule has 150 valence electrons. The number of methoxy groups -OCH3 is 2. The number of para-hydroxylation sites is 1. The van der Waals surface area contributed by atoms with Gasteiger partial charge in [0.05, 0.1) is 32.4 Å². The van der Waals surface area contributed by atoms with Crippen LogP contribution in [0.25, 0.3) is 0 Å². The van der Waals surface area contributed by atoms with Crippen molar-refractivity contribution in [3.8, 4) is 17.2 Å². The first-order valence-corrected chi connectivity index (χ1v) is 9.90. The van der Waals surface area contributed by atoms with Gasteiger partial charge in [0.25, 0.3) is 5.91 Å². The lowest BCUT2D eigenvalue weighted by Gasteiger charge is -2.21. The van der Waals surface area contributed by atoms with Crippen LogP contribution in [-0.4, -0.2) is 52.7 Å². The van der Waals surface area contributed by atoms with Gasteiger partial charge in [0, 0.05) is 5.56 Å². The number of carbonyl (C=O) groups excluding carboxylic acids is 1. The average molecular weight is 407 g/mol. The predicted molar refractivity (Wildman–Crippen MR) is 106 cm³/mol. The molecule has 0 saturated carbocycles. The van der Waals surface area contributed by atoms with E-state index in [0.29, 0.717) is 17.0 Å². The Bertz CT molecular complexity index is 958. The Kier molecular flexibility index (Phi) is 6.83. The minimum atomic E-state index is -3.70.